The van der Waals surface area contributed by atoms with Gasteiger partial charge in [0.15, 0.2) is 0 Å². The van der Waals surface area contributed by atoms with Crippen molar-refractivity contribution in [2.75, 3.05) is 13.2 Å². The van der Waals surface area contributed by atoms with E-state index < -0.39 is 0 Å². The van der Waals surface area contributed by atoms with Gasteiger partial charge in [-0.05, 0) is 20.3 Å². The van der Waals surface area contributed by atoms with Crippen LogP contribution in [0.4, 0.5) is 0 Å². The summed E-state index contributed by atoms with van der Waals surface area (Å²) in [6, 6.07) is 0. The third kappa shape index (κ3) is 1.14. The van der Waals surface area contributed by atoms with Crippen LogP contribution in [0.2, 0.25) is 0 Å². The van der Waals surface area contributed by atoms with Crippen LogP contribution in [-0.2, 0) is 9.47 Å². The van der Waals surface area contributed by atoms with Crippen molar-refractivity contribution in [3.05, 3.63) is 0 Å². The molecule has 2 saturated heterocycles. The Balaban J connectivity index is 2.20. The van der Waals surface area contributed by atoms with E-state index in [1.165, 1.54) is 0 Å². The van der Waals surface area contributed by atoms with Crippen LogP contribution < -0.4 is 5.73 Å². The number of hydrogen-bond donors (Lipinski definition) is 1. The molecule has 0 saturated carbocycles. The van der Waals surface area contributed by atoms with Gasteiger partial charge in [-0.25, -0.2) is 0 Å². The Morgan fingerprint density at radius 1 is 1.23 bits per heavy atom. The second-order valence-electron chi connectivity index (χ2n) is 4.76. The van der Waals surface area contributed by atoms with Gasteiger partial charge in [0.25, 0.3) is 0 Å². The largest absolute Gasteiger partial charge is 0.368 e. The summed E-state index contributed by atoms with van der Waals surface area (Å²) in [4.78, 5) is 0. The summed E-state index contributed by atoms with van der Waals surface area (Å²) in [7, 11) is 0. The molecule has 3 heteroatoms. The lowest BCUT2D eigenvalue weighted by molar-refractivity contribution is 0.0958. The molecule has 3 nitrogen and oxygen atoms in total. The van der Waals surface area contributed by atoms with Gasteiger partial charge in [0.1, 0.15) is 11.2 Å². The highest BCUT2D eigenvalue weighted by molar-refractivity contribution is 5.22. The minimum atomic E-state index is -0.297. The predicted octanol–water partition coefficient (Wildman–Crippen LogP) is 1.06. The molecular weight excluding hydrogens is 166 g/mol. The molecule has 0 radical (unpaired) electrons. The number of ether oxygens (including phenoxy) is 2. The van der Waals surface area contributed by atoms with Crippen molar-refractivity contribution >= 4 is 0 Å². The summed E-state index contributed by atoms with van der Waals surface area (Å²) in [5.74, 6) is 0. The lowest BCUT2D eigenvalue weighted by Crippen LogP contribution is -2.61. The van der Waals surface area contributed by atoms with Crippen molar-refractivity contribution in [1.29, 1.82) is 0 Å². The van der Waals surface area contributed by atoms with Crippen LogP contribution in [0.1, 0.15) is 33.6 Å². The van der Waals surface area contributed by atoms with Gasteiger partial charge in [0.2, 0.25) is 0 Å². The molecular formula is C10H19NO2. The van der Waals surface area contributed by atoms with E-state index in [1.807, 2.05) is 0 Å². The molecule has 0 spiro atoms. The third-order valence-corrected chi connectivity index (χ3v) is 3.69. The van der Waals surface area contributed by atoms with Gasteiger partial charge in [-0.1, -0.05) is 13.3 Å². The maximum absolute atomic E-state index is 6.44. The summed E-state index contributed by atoms with van der Waals surface area (Å²) in [5.41, 5.74) is 5.85. The zero-order valence-corrected chi connectivity index (χ0v) is 8.72. The molecule has 2 unspecified atom stereocenters. The van der Waals surface area contributed by atoms with Crippen LogP contribution in [-0.4, -0.2) is 30.0 Å². The van der Waals surface area contributed by atoms with E-state index in [-0.39, 0.29) is 16.7 Å². The van der Waals surface area contributed by atoms with Crippen LogP contribution in [0.5, 0.6) is 0 Å². The van der Waals surface area contributed by atoms with E-state index in [9.17, 15) is 0 Å². The van der Waals surface area contributed by atoms with E-state index in [0.717, 1.165) is 26.1 Å². The van der Waals surface area contributed by atoms with E-state index >= 15 is 0 Å². The molecule has 2 fully saturated rings. The van der Waals surface area contributed by atoms with Gasteiger partial charge >= 0.3 is 0 Å². The topological polar surface area (TPSA) is 51.1 Å². The summed E-state index contributed by atoms with van der Waals surface area (Å²) < 4.78 is 11.0. The molecule has 0 aromatic rings. The number of nitrogens with two attached hydrogens (primary N) is 1. The van der Waals surface area contributed by atoms with E-state index in [4.69, 9.17) is 15.2 Å². The third-order valence-electron chi connectivity index (χ3n) is 3.69. The fourth-order valence-electron chi connectivity index (χ4n) is 2.21. The molecule has 13 heavy (non-hydrogen) atoms. The average molecular weight is 185 g/mol. The normalized spacial score (nSPS) is 47.1. The Labute approximate surface area is 79.6 Å². The quantitative estimate of drug-likeness (QED) is 0.666. The minimum Gasteiger partial charge on any atom is -0.368 e. The molecule has 0 aromatic heterocycles. The SMILES string of the molecule is CCCC(N)(C1(C)CO1)C1(C)CO1. The second-order valence-corrected chi connectivity index (χ2v) is 4.76. The highest BCUT2D eigenvalue weighted by atomic mass is 16.6. The first-order valence-corrected chi connectivity index (χ1v) is 5.04. The van der Waals surface area contributed by atoms with Gasteiger partial charge < -0.3 is 15.2 Å². The Morgan fingerprint density at radius 2 is 1.62 bits per heavy atom. The summed E-state index contributed by atoms with van der Waals surface area (Å²) >= 11 is 0. The highest BCUT2D eigenvalue weighted by Gasteiger charge is 2.68. The maximum Gasteiger partial charge on any atom is 0.110 e. The smallest absolute Gasteiger partial charge is 0.110 e. The van der Waals surface area contributed by atoms with E-state index in [0.29, 0.717) is 0 Å². The van der Waals surface area contributed by atoms with Crippen molar-refractivity contribution in [3.8, 4) is 0 Å². The van der Waals surface area contributed by atoms with Crippen LogP contribution in [0.3, 0.4) is 0 Å². The molecule has 2 aliphatic heterocycles. The monoisotopic (exact) mass is 185 g/mol. The van der Waals surface area contributed by atoms with E-state index in [2.05, 4.69) is 20.8 Å². The first kappa shape index (κ1) is 9.44. The van der Waals surface area contributed by atoms with Crippen LogP contribution >= 0.6 is 0 Å². The molecule has 2 heterocycles. The molecule has 0 aromatic carbocycles. The van der Waals surface area contributed by atoms with Crippen LogP contribution in [0.25, 0.3) is 0 Å². The second kappa shape index (κ2) is 2.47. The predicted molar refractivity (Wildman–Crippen MR) is 50.5 cm³/mol. The summed E-state index contributed by atoms with van der Waals surface area (Å²) in [6.45, 7) is 7.90. The van der Waals surface area contributed by atoms with E-state index in [1.54, 1.807) is 0 Å². The zero-order chi connectivity index (χ0) is 9.74. The van der Waals surface area contributed by atoms with Gasteiger partial charge in [0.05, 0.1) is 18.8 Å². The molecule has 76 valence electrons. The number of rotatable bonds is 4. The maximum atomic E-state index is 6.44. The fourth-order valence-corrected chi connectivity index (χ4v) is 2.21. The zero-order valence-electron chi connectivity index (χ0n) is 8.72. The Hall–Kier alpha value is -0.120. The first-order chi connectivity index (χ1) is 5.97. The average Bonchev–Trinajstić information content (AvgIpc) is 2.92. The minimum absolute atomic E-state index is 0.145. The molecule has 0 bridgehead atoms. The molecule has 2 N–H and O–H groups in total. The van der Waals surface area contributed by atoms with Gasteiger partial charge in [-0.2, -0.15) is 0 Å². The fraction of sp³-hybridized carbons (Fsp3) is 1.00. The standard InChI is InChI=1S/C10H19NO2/c1-4-5-10(11,8(2)6-12-8)9(3)7-13-9/h4-7,11H2,1-3H3. The number of epoxide rings is 2. The summed E-state index contributed by atoms with van der Waals surface area (Å²) in [5, 5.41) is 0. The van der Waals surface area contributed by atoms with Crippen molar-refractivity contribution in [2.45, 2.75) is 50.4 Å². The van der Waals surface area contributed by atoms with Gasteiger partial charge in [0, 0.05) is 0 Å². The van der Waals surface area contributed by atoms with Crippen molar-refractivity contribution in [1.82, 2.24) is 0 Å². The molecule has 0 amide bonds. The van der Waals surface area contributed by atoms with Gasteiger partial charge in [-0.15, -0.1) is 0 Å². The van der Waals surface area contributed by atoms with Crippen LogP contribution in [0, 0.1) is 0 Å². The van der Waals surface area contributed by atoms with Crippen molar-refractivity contribution in [2.24, 2.45) is 5.73 Å². The molecule has 2 rings (SSSR count). The Morgan fingerprint density at radius 3 is 1.85 bits per heavy atom. The lowest BCUT2D eigenvalue weighted by atomic mass is 9.73. The van der Waals surface area contributed by atoms with Gasteiger partial charge in [-0.3, -0.25) is 0 Å². The molecule has 2 atom stereocenters. The Bertz CT molecular complexity index is 201. The summed E-state index contributed by atoms with van der Waals surface area (Å²) in [6.07, 6.45) is 2.05. The molecule has 0 aliphatic carbocycles. The lowest BCUT2D eigenvalue weighted by Gasteiger charge is -2.37. The Kier molecular flexibility index (Phi) is 1.79. The molecule has 2 aliphatic rings. The first-order valence-electron chi connectivity index (χ1n) is 5.04. The van der Waals surface area contributed by atoms with Crippen LogP contribution in [0.15, 0.2) is 0 Å². The van der Waals surface area contributed by atoms with Crippen molar-refractivity contribution < 1.29 is 9.47 Å². The highest BCUT2D eigenvalue weighted by Crippen LogP contribution is 2.51. The number of hydrogen-bond acceptors (Lipinski definition) is 3. The van der Waals surface area contributed by atoms with Crippen molar-refractivity contribution in [3.63, 3.8) is 0 Å².